The minimum absolute atomic E-state index is 0.191. The van der Waals surface area contributed by atoms with Gasteiger partial charge in [0, 0.05) is 18.0 Å². The molecule has 0 spiro atoms. The number of rotatable bonds is 5. The van der Waals surface area contributed by atoms with Crippen LogP contribution in [0.4, 0.5) is 0 Å². The molecule has 1 heterocycles. The lowest BCUT2D eigenvalue weighted by atomic mass is 9.75. The summed E-state index contributed by atoms with van der Waals surface area (Å²) < 4.78 is 5.34. The van der Waals surface area contributed by atoms with Gasteiger partial charge in [0.25, 0.3) is 0 Å². The lowest BCUT2D eigenvalue weighted by Crippen LogP contribution is -2.50. The van der Waals surface area contributed by atoms with Crippen molar-refractivity contribution in [2.75, 3.05) is 0 Å². The van der Waals surface area contributed by atoms with Crippen molar-refractivity contribution >= 4 is 5.91 Å². The first-order chi connectivity index (χ1) is 8.66. The van der Waals surface area contributed by atoms with E-state index in [9.17, 15) is 4.79 Å². The number of nitrogens with zero attached hydrogens (tertiary/aromatic N) is 1. The van der Waals surface area contributed by atoms with Gasteiger partial charge in [-0.2, -0.15) is 0 Å². The van der Waals surface area contributed by atoms with Crippen LogP contribution in [0.5, 0.6) is 0 Å². The van der Waals surface area contributed by atoms with Crippen molar-refractivity contribution in [2.24, 2.45) is 5.73 Å². The van der Waals surface area contributed by atoms with Gasteiger partial charge in [0.05, 0.1) is 12.8 Å². The van der Waals surface area contributed by atoms with Crippen molar-refractivity contribution in [1.82, 2.24) is 4.90 Å². The predicted octanol–water partition coefficient (Wildman–Crippen LogP) is 2.04. The van der Waals surface area contributed by atoms with Crippen LogP contribution < -0.4 is 5.73 Å². The van der Waals surface area contributed by atoms with Crippen LogP contribution in [-0.2, 0) is 11.3 Å². The van der Waals surface area contributed by atoms with Crippen LogP contribution in [0.2, 0.25) is 0 Å². The molecule has 4 heteroatoms. The zero-order valence-electron chi connectivity index (χ0n) is 10.6. The maximum absolute atomic E-state index is 12.4. The average Bonchev–Trinajstić information content (AvgIpc) is 3.01. The Bertz CT molecular complexity index is 419. The maximum atomic E-state index is 12.4. The molecule has 18 heavy (non-hydrogen) atoms. The monoisotopic (exact) mass is 248 g/mol. The van der Waals surface area contributed by atoms with Gasteiger partial charge in [0.15, 0.2) is 0 Å². The Morgan fingerprint density at radius 1 is 1.50 bits per heavy atom. The second-order valence-electron chi connectivity index (χ2n) is 5.72. The van der Waals surface area contributed by atoms with Crippen LogP contribution in [0.15, 0.2) is 22.8 Å². The normalized spacial score (nSPS) is 21.4. The molecular formula is C14H20N2O2. The summed E-state index contributed by atoms with van der Waals surface area (Å²) >= 11 is 0. The molecule has 0 radical (unpaired) electrons. The van der Waals surface area contributed by atoms with E-state index < -0.39 is 0 Å². The topological polar surface area (TPSA) is 59.5 Å². The Kier molecular flexibility index (Phi) is 2.90. The zero-order chi connectivity index (χ0) is 12.6. The first kappa shape index (κ1) is 11.8. The average molecular weight is 248 g/mol. The molecule has 0 saturated heterocycles. The summed E-state index contributed by atoms with van der Waals surface area (Å²) in [5.74, 6) is 1.05. The molecule has 0 aliphatic heterocycles. The maximum Gasteiger partial charge on any atom is 0.225 e. The molecule has 4 nitrogen and oxygen atoms in total. The summed E-state index contributed by atoms with van der Waals surface area (Å²) in [6.45, 7) is 0.590. The lowest BCUT2D eigenvalue weighted by Gasteiger charge is -2.39. The summed E-state index contributed by atoms with van der Waals surface area (Å²) in [6, 6.07) is 4.19. The van der Waals surface area contributed by atoms with Crippen LogP contribution in [0, 0.1) is 0 Å². The fraction of sp³-hybridized carbons (Fsp3) is 0.643. The van der Waals surface area contributed by atoms with E-state index in [-0.39, 0.29) is 11.4 Å². The number of hydrogen-bond acceptors (Lipinski definition) is 3. The first-order valence-electron chi connectivity index (χ1n) is 6.77. The van der Waals surface area contributed by atoms with E-state index in [4.69, 9.17) is 10.2 Å². The quantitative estimate of drug-likeness (QED) is 0.867. The molecular weight excluding hydrogens is 228 g/mol. The Morgan fingerprint density at radius 3 is 2.78 bits per heavy atom. The molecule has 0 unspecified atom stereocenters. The highest BCUT2D eigenvalue weighted by Crippen LogP contribution is 2.35. The van der Waals surface area contributed by atoms with E-state index in [0.717, 1.165) is 37.9 Å². The number of hydrogen-bond donors (Lipinski definition) is 1. The van der Waals surface area contributed by atoms with Gasteiger partial charge in [-0.1, -0.05) is 0 Å². The molecule has 2 saturated carbocycles. The van der Waals surface area contributed by atoms with Gasteiger partial charge >= 0.3 is 0 Å². The number of carbonyl (C=O) groups excluding carboxylic acids is 1. The van der Waals surface area contributed by atoms with E-state index in [1.807, 2.05) is 17.0 Å². The van der Waals surface area contributed by atoms with Gasteiger partial charge in [-0.3, -0.25) is 4.79 Å². The van der Waals surface area contributed by atoms with Crippen LogP contribution >= 0.6 is 0 Å². The molecule has 2 fully saturated rings. The Balaban J connectivity index is 1.63. The highest BCUT2D eigenvalue weighted by Gasteiger charge is 2.39. The van der Waals surface area contributed by atoms with E-state index >= 15 is 0 Å². The van der Waals surface area contributed by atoms with Crippen molar-refractivity contribution in [3.63, 3.8) is 0 Å². The third kappa shape index (κ3) is 2.43. The summed E-state index contributed by atoms with van der Waals surface area (Å²) in [5, 5.41) is 0. The van der Waals surface area contributed by atoms with Crippen LogP contribution in [-0.4, -0.2) is 22.4 Å². The van der Waals surface area contributed by atoms with Crippen LogP contribution in [0.1, 0.15) is 44.3 Å². The standard InChI is InChI=1S/C14H20N2O2/c15-14(6-2-7-14)9-13(17)16(11-4-5-11)10-12-3-1-8-18-12/h1,3,8,11H,2,4-7,9-10,15H2. The Morgan fingerprint density at radius 2 is 2.28 bits per heavy atom. The van der Waals surface area contributed by atoms with Gasteiger partial charge in [-0.15, -0.1) is 0 Å². The third-order valence-corrected chi connectivity index (χ3v) is 4.07. The molecule has 2 N–H and O–H groups in total. The predicted molar refractivity (Wildman–Crippen MR) is 67.7 cm³/mol. The summed E-state index contributed by atoms with van der Waals surface area (Å²) in [4.78, 5) is 14.3. The molecule has 1 aromatic rings. The Hall–Kier alpha value is -1.29. The van der Waals surface area contributed by atoms with Gasteiger partial charge in [-0.05, 0) is 44.2 Å². The summed E-state index contributed by atoms with van der Waals surface area (Å²) in [7, 11) is 0. The van der Waals surface area contributed by atoms with E-state index in [1.54, 1.807) is 6.26 Å². The fourth-order valence-corrected chi connectivity index (χ4v) is 2.59. The highest BCUT2D eigenvalue weighted by molar-refractivity contribution is 5.78. The van der Waals surface area contributed by atoms with Crippen molar-refractivity contribution in [3.05, 3.63) is 24.2 Å². The lowest BCUT2D eigenvalue weighted by molar-refractivity contribution is -0.134. The summed E-state index contributed by atoms with van der Waals surface area (Å²) in [5.41, 5.74) is 5.94. The van der Waals surface area contributed by atoms with E-state index in [2.05, 4.69) is 0 Å². The third-order valence-electron chi connectivity index (χ3n) is 4.07. The second-order valence-corrected chi connectivity index (χ2v) is 5.72. The molecule has 3 rings (SSSR count). The SMILES string of the molecule is NC1(CC(=O)N(Cc2ccco2)C2CC2)CCC1. The fourth-order valence-electron chi connectivity index (χ4n) is 2.59. The smallest absolute Gasteiger partial charge is 0.225 e. The molecule has 0 aromatic carbocycles. The number of furan rings is 1. The largest absolute Gasteiger partial charge is 0.467 e. The Labute approximate surface area is 107 Å². The molecule has 0 bridgehead atoms. The van der Waals surface area contributed by atoms with Gasteiger partial charge in [-0.25, -0.2) is 0 Å². The van der Waals surface area contributed by atoms with Gasteiger partial charge < -0.3 is 15.1 Å². The minimum atomic E-state index is -0.229. The van der Waals surface area contributed by atoms with E-state index in [1.165, 1.54) is 0 Å². The summed E-state index contributed by atoms with van der Waals surface area (Å²) in [6.07, 6.45) is 7.50. The van der Waals surface area contributed by atoms with Crippen molar-refractivity contribution in [2.45, 2.75) is 56.7 Å². The minimum Gasteiger partial charge on any atom is -0.467 e. The molecule has 2 aliphatic rings. The molecule has 98 valence electrons. The molecule has 1 aromatic heterocycles. The first-order valence-corrected chi connectivity index (χ1v) is 6.77. The number of amides is 1. The number of nitrogens with two attached hydrogens (primary N) is 1. The van der Waals surface area contributed by atoms with Gasteiger partial charge in [0.1, 0.15) is 5.76 Å². The molecule has 1 amide bonds. The second kappa shape index (κ2) is 4.43. The number of carbonyl (C=O) groups is 1. The van der Waals surface area contributed by atoms with Crippen molar-refractivity contribution < 1.29 is 9.21 Å². The van der Waals surface area contributed by atoms with Crippen molar-refractivity contribution in [3.8, 4) is 0 Å². The van der Waals surface area contributed by atoms with Crippen molar-refractivity contribution in [1.29, 1.82) is 0 Å². The van der Waals surface area contributed by atoms with E-state index in [0.29, 0.717) is 19.0 Å². The molecule has 0 atom stereocenters. The van der Waals surface area contributed by atoms with Crippen LogP contribution in [0.3, 0.4) is 0 Å². The van der Waals surface area contributed by atoms with Crippen LogP contribution in [0.25, 0.3) is 0 Å². The molecule has 2 aliphatic carbocycles. The highest BCUT2D eigenvalue weighted by atomic mass is 16.3. The zero-order valence-corrected chi connectivity index (χ0v) is 10.6. The van der Waals surface area contributed by atoms with Gasteiger partial charge in [0.2, 0.25) is 5.91 Å².